The van der Waals surface area contributed by atoms with E-state index in [0.29, 0.717) is 13.2 Å². The maximum Gasteiger partial charge on any atom is 0.123 e. The lowest BCUT2D eigenvalue weighted by atomic mass is 10.1. The summed E-state index contributed by atoms with van der Waals surface area (Å²) in [6.45, 7) is 5.26. The summed E-state index contributed by atoms with van der Waals surface area (Å²) in [4.78, 5) is 2.34. The molecule has 2 rings (SSSR count). The van der Waals surface area contributed by atoms with Gasteiger partial charge in [-0.05, 0) is 35.8 Å². The highest BCUT2D eigenvalue weighted by Gasteiger charge is 2.22. The predicted octanol–water partition coefficient (Wildman–Crippen LogP) is 3.05. The number of hydrogen-bond donors (Lipinski definition) is 1. The lowest BCUT2D eigenvalue weighted by Gasteiger charge is -2.14. The molecule has 104 valence electrons. The fourth-order valence-corrected chi connectivity index (χ4v) is 3.54. The number of thiophene rings is 1. The van der Waals surface area contributed by atoms with Gasteiger partial charge in [-0.2, -0.15) is 5.10 Å². The van der Waals surface area contributed by atoms with E-state index >= 15 is 0 Å². The molecule has 1 atom stereocenters. The molecule has 0 bridgehead atoms. The van der Waals surface area contributed by atoms with Gasteiger partial charge >= 0.3 is 0 Å². The van der Waals surface area contributed by atoms with Crippen molar-refractivity contribution in [2.45, 2.75) is 26.5 Å². The predicted molar refractivity (Wildman–Crippen MR) is 79.7 cm³/mol. The van der Waals surface area contributed by atoms with Crippen LogP contribution >= 0.6 is 27.3 Å². The third kappa shape index (κ3) is 3.08. The monoisotopic (exact) mass is 344 g/mol. The number of aliphatic hydroxyl groups is 1. The van der Waals surface area contributed by atoms with E-state index in [1.807, 2.05) is 19.9 Å². The maximum atomic E-state index is 10.6. The molecule has 0 aliphatic heterocycles. The van der Waals surface area contributed by atoms with Crippen LogP contribution < -0.4 is 0 Å². The van der Waals surface area contributed by atoms with Crippen molar-refractivity contribution < 1.29 is 9.84 Å². The quantitative estimate of drug-likeness (QED) is 0.906. The molecule has 4 nitrogen and oxygen atoms in total. The Morgan fingerprint density at radius 3 is 2.84 bits per heavy atom. The number of hydrogen-bond acceptors (Lipinski definition) is 4. The van der Waals surface area contributed by atoms with Gasteiger partial charge < -0.3 is 9.84 Å². The van der Waals surface area contributed by atoms with E-state index in [1.165, 1.54) is 4.88 Å². The molecule has 1 unspecified atom stereocenters. The number of aryl methyl sites for hydroxylation is 2. The standard InChI is InChI=1S/C13H17BrN2O2S/c1-8-6-10(9(2)19-8)13(17)12-11(14)7-15-16(12)4-5-18-3/h6-7,13,17H,4-5H2,1-3H3. The Balaban J connectivity index is 2.35. The van der Waals surface area contributed by atoms with Crippen molar-refractivity contribution in [2.24, 2.45) is 0 Å². The van der Waals surface area contributed by atoms with Gasteiger partial charge in [-0.15, -0.1) is 11.3 Å². The molecule has 2 aromatic rings. The van der Waals surface area contributed by atoms with Gasteiger partial charge in [0.15, 0.2) is 0 Å². The first kappa shape index (κ1) is 14.7. The van der Waals surface area contributed by atoms with E-state index < -0.39 is 6.10 Å². The van der Waals surface area contributed by atoms with Crippen LogP contribution in [-0.4, -0.2) is 28.6 Å². The Kier molecular flexibility index (Phi) is 4.78. The summed E-state index contributed by atoms with van der Waals surface area (Å²) in [5, 5.41) is 14.9. The summed E-state index contributed by atoms with van der Waals surface area (Å²) < 4.78 is 7.67. The van der Waals surface area contributed by atoms with Crippen LogP contribution in [0.3, 0.4) is 0 Å². The second-order valence-corrected chi connectivity index (χ2v) is 6.68. The number of aromatic nitrogens is 2. The van der Waals surface area contributed by atoms with Crippen LogP contribution in [0, 0.1) is 13.8 Å². The van der Waals surface area contributed by atoms with E-state index in [2.05, 4.69) is 21.0 Å². The first-order chi connectivity index (χ1) is 9.04. The number of nitrogens with zero attached hydrogens (tertiary/aromatic N) is 2. The minimum absolute atomic E-state index is 0.565. The Morgan fingerprint density at radius 1 is 1.53 bits per heavy atom. The molecule has 0 radical (unpaired) electrons. The summed E-state index contributed by atoms with van der Waals surface area (Å²) in [6, 6.07) is 2.03. The van der Waals surface area contributed by atoms with Crippen molar-refractivity contribution in [1.82, 2.24) is 9.78 Å². The molecule has 0 aromatic carbocycles. The van der Waals surface area contributed by atoms with E-state index in [9.17, 15) is 5.11 Å². The first-order valence-corrected chi connectivity index (χ1v) is 7.60. The van der Waals surface area contributed by atoms with Gasteiger partial charge in [0.1, 0.15) is 6.10 Å². The van der Waals surface area contributed by atoms with Crippen LogP contribution in [0.2, 0.25) is 0 Å². The minimum atomic E-state index is -0.668. The van der Waals surface area contributed by atoms with Gasteiger partial charge in [0.25, 0.3) is 0 Å². The Hall–Kier alpha value is -0.690. The fraction of sp³-hybridized carbons (Fsp3) is 0.462. The molecule has 6 heteroatoms. The molecule has 19 heavy (non-hydrogen) atoms. The SMILES string of the molecule is COCCn1ncc(Br)c1C(O)c1cc(C)sc1C. The topological polar surface area (TPSA) is 47.3 Å². The van der Waals surface area contributed by atoms with E-state index in [-0.39, 0.29) is 0 Å². The van der Waals surface area contributed by atoms with Crippen molar-refractivity contribution in [2.75, 3.05) is 13.7 Å². The second kappa shape index (κ2) is 6.17. The van der Waals surface area contributed by atoms with Gasteiger partial charge in [0.05, 0.1) is 29.5 Å². The molecule has 1 N–H and O–H groups in total. The van der Waals surface area contributed by atoms with E-state index in [0.717, 1.165) is 20.6 Å². The molecular weight excluding hydrogens is 328 g/mol. The highest BCUT2D eigenvalue weighted by Crippen LogP contribution is 2.33. The number of ether oxygens (including phenoxy) is 1. The van der Waals surface area contributed by atoms with Crippen molar-refractivity contribution >= 4 is 27.3 Å². The van der Waals surface area contributed by atoms with Crippen LogP contribution in [0.4, 0.5) is 0 Å². The third-order valence-electron chi connectivity index (χ3n) is 2.97. The van der Waals surface area contributed by atoms with Crippen LogP contribution in [-0.2, 0) is 11.3 Å². The molecule has 0 aliphatic carbocycles. The van der Waals surface area contributed by atoms with Gasteiger partial charge in [0.2, 0.25) is 0 Å². The average Bonchev–Trinajstić information content (AvgIpc) is 2.89. The molecule has 0 aliphatic rings. The van der Waals surface area contributed by atoms with Crippen LogP contribution in [0.1, 0.15) is 27.1 Å². The van der Waals surface area contributed by atoms with Gasteiger partial charge in [-0.1, -0.05) is 0 Å². The fourth-order valence-electron chi connectivity index (χ4n) is 2.07. The molecule has 0 saturated carbocycles. The van der Waals surface area contributed by atoms with E-state index in [4.69, 9.17) is 4.74 Å². The molecule has 0 amide bonds. The normalized spacial score (nSPS) is 12.9. The maximum absolute atomic E-state index is 10.6. The van der Waals surface area contributed by atoms with Gasteiger partial charge in [-0.25, -0.2) is 0 Å². The largest absolute Gasteiger partial charge is 0.383 e. The van der Waals surface area contributed by atoms with Crippen LogP contribution in [0.5, 0.6) is 0 Å². The number of rotatable bonds is 5. The lowest BCUT2D eigenvalue weighted by molar-refractivity contribution is 0.171. The van der Waals surface area contributed by atoms with Gasteiger partial charge in [0, 0.05) is 22.4 Å². The molecule has 0 spiro atoms. The molecule has 2 aromatic heterocycles. The zero-order chi connectivity index (χ0) is 14.0. The third-order valence-corrected chi connectivity index (χ3v) is 4.57. The Morgan fingerprint density at radius 2 is 2.26 bits per heavy atom. The van der Waals surface area contributed by atoms with E-state index in [1.54, 1.807) is 29.3 Å². The molecule has 0 saturated heterocycles. The number of aliphatic hydroxyl groups excluding tert-OH is 1. The zero-order valence-electron chi connectivity index (χ0n) is 11.2. The highest BCUT2D eigenvalue weighted by atomic mass is 79.9. The molecular formula is C13H17BrN2O2S. The average molecular weight is 345 g/mol. The van der Waals surface area contributed by atoms with Crippen LogP contribution in [0.15, 0.2) is 16.7 Å². The summed E-state index contributed by atoms with van der Waals surface area (Å²) in [5.41, 5.74) is 1.72. The molecule has 2 heterocycles. The smallest absolute Gasteiger partial charge is 0.123 e. The van der Waals surface area contributed by atoms with Crippen LogP contribution in [0.25, 0.3) is 0 Å². The summed E-state index contributed by atoms with van der Waals surface area (Å²) in [7, 11) is 1.65. The summed E-state index contributed by atoms with van der Waals surface area (Å²) >= 11 is 5.15. The van der Waals surface area contributed by atoms with Crippen molar-refractivity contribution in [1.29, 1.82) is 0 Å². The van der Waals surface area contributed by atoms with Crippen molar-refractivity contribution in [3.63, 3.8) is 0 Å². The second-order valence-electron chi connectivity index (χ2n) is 4.36. The highest BCUT2D eigenvalue weighted by molar-refractivity contribution is 9.10. The minimum Gasteiger partial charge on any atom is -0.383 e. The Labute approximate surface area is 125 Å². The lowest BCUT2D eigenvalue weighted by Crippen LogP contribution is -2.13. The summed E-state index contributed by atoms with van der Waals surface area (Å²) in [5.74, 6) is 0. The first-order valence-electron chi connectivity index (χ1n) is 5.99. The summed E-state index contributed by atoms with van der Waals surface area (Å²) in [6.07, 6.45) is 1.04. The molecule has 0 fully saturated rings. The Bertz CT molecular complexity index is 565. The van der Waals surface area contributed by atoms with Crippen molar-refractivity contribution in [3.05, 3.63) is 37.7 Å². The van der Waals surface area contributed by atoms with Gasteiger partial charge in [-0.3, -0.25) is 4.68 Å². The zero-order valence-corrected chi connectivity index (χ0v) is 13.6. The van der Waals surface area contributed by atoms with Crippen molar-refractivity contribution in [3.8, 4) is 0 Å². The number of halogens is 1. The number of methoxy groups -OCH3 is 1.